The Balaban J connectivity index is 3.88. The molecular formula is C10H12O10P2. The molecule has 0 aromatic heterocycles. The maximum absolute atomic E-state index is 11.6. The molecule has 0 atom stereocenters. The van der Waals surface area contributed by atoms with E-state index in [-0.39, 0.29) is 0 Å². The van der Waals surface area contributed by atoms with Gasteiger partial charge in [0.25, 0.3) is 0 Å². The summed E-state index contributed by atoms with van der Waals surface area (Å²) in [5.41, 5.74) is -1.52. The molecule has 0 fully saturated rings. The Hall–Kier alpha value is -1.54. The lowest BCUT2D eigenvalue weighted by Crippen LogP contribution is -2.27. The van der Waals surface area contributed by atoms with E-state index < -0.39 is 48.9 Å². The van der Waals surface area contributed by atoms with Crippen molar-refractivity contribution >= 4 is 37.7 Å². The van der Waals surface area contributed by atoms with E-state index in [1.807, 2.05) is 0 Å². The van der Waals surface area contributed by atoms with Gasteiger partial charge in [0.2, 0.25) is 0 Å². The zero-order valence-corrected chi connectivity index (χ0v) is 13.1. The van der Waals surface area contributed by atoms with Crippen molar-refractivity contribution < 1.29 is 47.8 Å². The summed E-state index contributed by atoms with van der Waals surface area (Å²) in [5.74, 6) is -2.46. The van der Waals surface area contributed by atoms with Crippen molar-refractivity contribution in [3.63, 3.8) is 0 Å². The predicted molar refractivity (Wildman–Crippen MR) is 72.5 cm³/mol. The average molecular weight is 354 g/mol. The minimum atomic E-state index is -5.03. The van der Waals surface area contributed by atoms with E-state index in [9.17, 15) is 38.3 Å². The highest BCUT2D eigenvalue weighted by atomic mass is 31.2. The van der Waals surface area contributed by atoms with Gasteiger partial charge in [-0.05, 0) is 12.1 Å². The van der Waals surface area contributed by atoms with Gasteiger partial charge in [0.15, 0.2) is 0 Å². The van der Waals surface area contributed by atoms with Crippen molar-refractivity contribution in [1.29, 1.82) is 0 Å². The van der Waals surface area contributed by atoms with Crippen LogP contribution in [0.4, 0.5) is 0 Å². The third-order valence-corrected chi connectivity index (χ3v) is 4.55. The molecule has 22 heavy (non-hydrogen) atoms. The third-order valence-electron chi connectivity index (χ3n) is 2.55. The largest absolute Gasteiger partial charge is 0.465 e. The minimum absolute atomic E-state index is 0.507. The number of hydrogen-bond donors (Lipinski definition) is 4. The van der Waals surface area contributed by atoms with Crippen molar-refractivity contribution in [2.45, 2.75) is 0 Å². The molecular weight excluding hydrogens is 342 g/mol. The summed E-state index contributed by atoms with van der Waals surface area (Å²) in [7, 11) is -8.24. The highest BCUT2D eigenvalue weighted by Crippen LogP contribution is 2.39. The number of benzene rings is 1. The number of methoxy groups -OCH3 is 2. The van der Waals surface area contributed by atoms with E-state index >= 15 is 0 Å². The summed E-state index contributed by atoms with van der Waals surface area (Å²) < 4.78 is 31.5. The molecule has 0 amide bonds. The molecule has 0 heterocycles. The Kier molecular flexibility index (Phi) is 5.30. The van der Waals surface area contributed by atoms with E-state index in [1.165, 1.54) is 0 Å². The molecule has 0 saturated carbocycles. The van der Waals surface area contributed by atoms with Crippen LogP contribution in [0.5, 0.6) is 0 Å². The van der Waals surface area contributed by atoms with Gasteiger partial charge in [-0.1, -0.05) is 0 Å². The van der Waals surface area contributed by atoms with Gasteiger partial charge in [-0.2, -0.15) is 0 Å². The van der Waals surface area contributed by atoms with Crippen LogP contribution in [0.3, 0.4) is 0 Å². The van der Waals surface area contributed by atoms with E-state index in [4.69, 9.17) is 0 Å². The van der Waals surface area contributed by atoms with Gasteiger partial charge in [-0.15, -0.1) is 0 Å². The fourth-order valence-corrected chi connectivity index (χ4v) is 3.14. The second kappa shape index (κ2) is 6.29. The van der Waals surface area contributed by atoms with E-state index in [2.05, 4.69) is 9.47 Å². The second-order valence-corrected chi connectivity index (χ2v) is 7.10. The highest BCUT2D eigenvalue weighted by molar-refractivity contribution is 7.61. The molecule has 10 nitrogen and oxygen atoms in total. The lowest BCUT2D eigenvalue weighted by Gasteiger charge is -2.15. The molecule has 0 aliphatic rings. The van der Waals surface area contributed by atoms with Crippen LogP contribution in [0.15, 0.2) is 12.1 Å². The predicted octanol–water partition coefficient (Wildman–Crippen LogP) is -1.13. The summed E-state index contributed by atoms with van der Waals surface area (Å²) in [4.78, 5) is 60.1. The quantitative estimate of drug-likeness (QED) is 0.383. The van der Waals surface area contributed by atoms with Crippen molar-refractivity contribution in [2.24, 2.45) is 0 Å². The Morgan fingerprint density at radius 2 is 1.09 bits per heavy atom. The van der Waals surface area contributed by atoms with Crippen LogP contribution in [0.1, 0.15) is 20.7 Å². The Morgan fingerprint density at radius 1 is 0.818 bits per heavy atom. The first-order valence-corrected chi connectivity index (χ1v) is 8.62. The molecule has 0 aliphatic heterocycles. The smallest absolute Gasteiger partial charge is 0.357 e. The average Bonchev–Trinajstić information content (AvgIpc) is 2.42. The van der Waals surface area contributed by atoms with Crippen LogP contribution in [-0.4, -0.2) is 45.7 Å². The number of hydrogen-bond acceptors (Lipinski definition) is 6. The first-order chi connectivity index (χ1) is 9.93. The molecule has 1 aromatic rings. The summed E-state index contributed by atoms with van der Waals surface area (Å²) in [6.45, 7) is 0. The molecule has 1 rings (SSSR count). The van der Waals surface area contributed by atoms with Crippen LogP contribution in [-0.2, 0) is 18.6 Å². The van der Waals surface area contributed by atoms with Crippen molar-refractivity contribution in [2.75, 3.05) is 14.2 Å². The van der Waals surface area contributed by atoms with Gasteiger partial charge in [-0.25, -0.2) is 9.59 Å². The van der Waals surface area contributed by atoms with Gasteiger partial charge in [-0.3, -0.25) is 9.13 Å². The van der Waals surface area contributed by atoms with Crippen LogP contribution in [0.2, 0.25) is 0 Å². The Bertz CT molecular complexity index is 651. The molecule has 0 aliphatic carbocycles. The monoisotopic (exact) mass is 354 g/mol. The molecule has 0 unspecified atom stereocenters. The molecule has 1 aromatic carbocycles. The van der Waals surface area contributed by atoms with E-state index in [0.29, 0.717) is 12.1 Å². The lowest BCUT2D eigenvalue weighted by atomic mass is 10.1. The first kappa shape index (κ1) is 18.5. The van der Waals surface area contributed by atoms with Crippen LogP contribution in [0, 0.1) is 0 Å². The zero-order valence-electron chi connectivity index (χ0n) is 11.3. The normalized spacial score (nSPS) is 11.9. The van der Waals surface area contributed by atoms with Crippen LogP contribution < -0.4 is 10.6 Å². The van der Waals surface area contributed by atoms with Crippen molar-refractivity contribution in [1.82, 2.24) is 0 Å². The zero-order chi connectivity index (χ0) is 17.3. The topological polar surface area (TPSA) is 168 Å². The second-order valence-electron chi connectivity index (χ2n) is 3.96. The van der Waals surface area contributed by atoms with E-state index in [1.54, 1.807) is 0 Å². The molecule has 12 heteroatoms. The number of carbonyl (C=O) groups is 2. The molecule has 0 bridgehead atoms. The standard InChI is InChI=1S/C10H12O10P2/c1-19-9(11)5-3-8(22(16,17)18)6(10(12)20-2)4-7(5)21(13,14)15/h3-4H,1-2H3,(H2,13,14,15)(H2,16,17,18). The van der Waals surface area contributed by atoms with Gasteiger partial charge in [0, 0.05) is 0 Å². The highest BCUT2D eigenvalue weighted by Gasteiger charge is 2.34. The number of carbonyl (C=O) groups excluding carboxylic acids is 2. The molecule has 0 radical (unpaired) electrons. The first-order valence-electron chi connectivity index (χ1n) is 5.40. The van der Waals surface area contributed by atoms with Gasteiger partial charge in [0.05, 0.1) is 36.0 Å². The van der Waals surface area contributed by atoms with E-state index in [0.717, 1.165) is 14.2 Å². The molecule has 0 spiro atoms. The lowest BCUT2D eigenvalue weighted by molar-refractivity contribution is 0.0588. The van der Waals surface area contributed by atoms with Gasteiger partial charge < -0.3 is 29.0 Å². The van der Waals surface area contributed by atoms with Crippen LogP contribution in [0.25, 0.3) is 0 Å². The van der Waals surface area contributed by atoms with Crippen molar-refractivity contribution in [3.05, 3.63) is 23.3 Å². The maximum atomic E-state index is 11.6. The minimum Gasteiger partial charge on any atom is -0.465 e. The van der Waals surface area contributed by atoms with Gasteiger partial charge in [0.1, 0.15) is 0 Å². The molecule has 4 N–H and O–H groups in total. The maximum Gasteiger partial charge on any atom is 0.357 e. The summed E-state index contributed by atoms with van der Waals surface area (Å²) in [6, 6.07) is 1.01. The van der Waals surface area contributed by atoms with Gasteiger partial charge >= 0.3 is 27.1 Å². The van der Waals surface area contributed by atoms with Crippen LogP contribution >= 0.6 is 15.2 Å². The SMILES string of the molecule is COC(=O)c1cc(P(=O)(O)O)c(C(=O)OC)cc1P(=O)(O)O. The molecule has 122 valence electrons. The number of esters is 2. The molecule has 0 saturated heterocycles. The fourth-order valence-electron chi connectivity index (χ4n) is 1.61. The number of rotatable bonds is 4. The Morgan fingerprint density at radius 3 is 1.27 bits per heavy atom. The summed E-state index contributed by atoms with van der Waals surface area (Å²) >= 11 is 0. The summed E-state index contributed by atoms with van der Waals surface area (Å²) in [5, 5.41) is -1.81. The Labute approximate surface area is 124 Å². The van der Waals surface area contributed by atoms with Crippen molar-refractivity contribution in [3.8, 4) is 0 Å². The fraction of sp³-hybridized carbons (Fsp3) is 0.200. The summed E-state index contributed by atoms with van der Waals surface area (Å²) in [6.07, 6.45) is 0. The third kappa shape index (κ3) is 3.80. The number of ether oxygens (including phenoxy) is 2.